The minimum Gasteiger partial charge on any atom is -0.492 e. The van der Waals surface area contributed by atoms with Crippen molar-refractivity contribution >= 4 is 34.9 Å². The molecule has 1 aromatic carbocycles. The van der Waals surface area contributed by atoms with Crippen molar-refractivity contribution in [3.8, 4) is 11.8 Å². The summed E-state index contributed by atoms with van der Waals surface area (Å²) in [7, 11) is 0. The van der Waals surface area contributed by atoms with E-state index in [1.54, 1.807) is 24.8 Å². The maximum Gasteiger partial charge on any atom is 0.414 e. The highest BCUT2D eigenvalue weighted by molar-refractivity contribution is 7.80. The second-order valence-electron chi connectivity index (χ2n) is 13.7. The van der Waals surface area contributed by atoms with Gasteiger partial charge in [-0.25, -0.2) is 0 Å². The molecule has 13 heteroatoms. The molecule has 0 spiro atoms. The van der Waals surface area contributed by atoms with Crippen molar-refractivity contribution in [3.63, 3.8) is 0 Å². The second kappa shape index (κ2) is 13.9. The zero-order valence-corrected chi connectivity index (χ0v) is 28.9. The number of allylic oxidation sites excluding steroid dienone is 2. The van der Waals surface area contributed by atoms with E-state index >= 15 is 0 Å². The third kappa shape index (κ3) is 8.16. The predicted molar refractivity (Wildman–Crippen MR) is 177 cm³/mol. The molecule has 0 N–H and O–H groups in total. The summed E-state index contributed by atoms with van der Waals surface area (Å²) in [6.45, 7) is 16.8. The first-order valence-electron chi connectivity index (χ1n) is 15.9. The van der Waals surface area contributed by atoms with Crippen molar-refractivity contribution in [2.24, 2.45) is 0 Å². The molecule has 1 amide bonds. The zero-order chi connectivity index (χ0) is 34.9. The second-order valence-corrected chi connectivity index (χ2v) is 14.1. The number of hydrogen-bond donors (Lipinski definition) is 0. The van der Waals surface area contributed by atoms with Crippen molar-refractivity contribution in [2.45, 2.75) is 90.7 Å². The Kier molecular flexibility index (Phi) is 10.8. The molecule has 0 aromatic heterocycles. The van der Waals surface area contributed by atoms with Crippen LogP contribution in [0.3, 0.4) is 0 Å². The van der Waals surface area contributed by atoms with Gasteiger partial charge in [0, 0.05) is 44.3 Å². The first kappa shape index (κ1) is 36.4. The Bertz CT molecular complexity index is 1490. The number of alkyl halides is 3. The van der Waals surface area contributed by atoms with Gasteiger partial charge in [0.1, 0.15) is 23.5 Å². The molecule has 2 heterocycles. The Morgan fingerprint density at radius 2 is 1.89 bits per heavy atom. The van der Waals surface area contributed by atoms with Gasteiger partial charge in [-0.05, 0) is 90.0 Å². The number of ether oxygens (including phenoxy) is 2. The lowest BCUT2D eigenvalue weighted by atomic mass is 9.93. The molecule has 0 bridgehead atoms. The number of anilines is 1. The van der Waals surface area contributed by atoms with Crippen LogP contribution in [0.15, 0.2) is 41.5 Å². The Morgan fingerprint density at radius 3 is 2.49 bits per heavy atom. The number of carbonyl (C=O) groups excluding carboxylic acids is 2. The first-order chi connectivity index (χ1) is 21.9. The predicted octanol–water partition coefficient (Wildman–Crippen LogP) is 5.40. The van der Waals surface area contributed by atoms with Gasteiger partial charge in [0.25, 0.3) is 5.91 Å². The van der Waals surface area contributed by atoms with E-state index in [1.807, 2.05) is 45.9 Å². The molecule has 2 fully saturated rings. The normalized spacial score (nSPS) is 22.6. The molecule has 2 atom stereocenters. The van der Waals surface area contributed by atoms with E-state index in [9.17, 15) is 28.0 Å². The minimum absolute atomic E-state index is 0.104. The summed E-state index contributed by atoms with van der Waals surface area (Å²) < 4.78 is 52.9. The van der Waals surface area contributed by atoms with E-state index in [4.69, 9.17) is 21.7 Å². The van der Waals surface area contributed by atoms with Crippen molar-refractivity contribution in [2.75, 3.05) is 44.2 Å². The van der Waals surface area contributed by atoms with Crippen LogP contribution >= 0.6 is 12.2 Å². The number of thiocarbonyl (C=S) groups is 1. The lowest BCUT2D eigenvalue weighted by Crippen LogP contribution is -2.54. The van der Waals surface area contributed by atoms with Gasteiger partial charge in [0.05, 0.1) is 29.8 Å². The molecule has 256 valence electrons. The highest BCUT2D eigenvalue weighted by Gasteiger charge is 2.53. The summed E-state index contributed by atoms with van der Waals surface area (Å²) in [4.78, 5) is 33.3. The molecule has 1 unspecified atom stereocenters. The summed E-state index contributed by atoms with van der Waals surface area (Å²) >= 11 is 5.73. The standard InChI is InChI=1S/C34H44F3N5O4S/c1-8-23-17-26(11-12-28(23)45-16-15-39-13-14-40(22(2)20-39)21-29(43)46-32(3,4)5)42-31(47)41(30(44)33(42,6)7)25-10-9-24(19-38)27(18-25)34(35,36)37/h9-12,17,22,25H,8,13-16,18,20-21H2,1-7H3/t22-,25?/m1/s1. The van der Waals surface area contributed by atoms with Crippen LogP contribution in [0.25, 0.3) is 0 Å². The van der Waals surface area contributed by atoms with Crippen LogP contribution in [0.5, 0.6) is 5.75 Å². The van der Waals surface area contributed by atoms with Gasteiger partial charge in [-0.1, -0.05) is 13.0 Å². The van der Waals surface area contributed by atoms with Crippen LogP contribution < -0.4 is 9.64 Å². The number of nitrogens with zero attached hydrogens (tertiary/aromatic N) is 5. The number of carbonyl (C=O) groups is 2. The number of halogens is 3. The minimum atomic E-state index is -4.70. The van der Waals surface area contributed by atoms with Crippen molar-refractivity contribution in [1.29, 1.82) is 5.26 Å². The number of rotatable bonds is 9. The number of nitriles is 1. The van der Waals surface area contributed by atoms with Crippen molar-refractivity contribution in [3.05, 3.63) is 47.1 Å². The maximum absolute atomic E-state index is 13.7. The molecule has 1 aliphatic carbocycles. The van der Waals surface area contributed by atoms with Crippen molar-refractivity contribution < 1.29 is 32.2 Å². The fraction of sp³-hybridized carbons (Fsp3) is 0.588. The van der Waals surface area contributed by atoms with Crippen molar-refractivity contribution in [1.82, 2.24) is 14.7 Å². The van der Waals surface area contributed by atoms with Crippen LogP contribution in [0.4, 0.5) is 18.9 Å². The molecule has 4 rings (SSSR count). The number of piperazine rings is 1. The summed E-state index contributed by atoms with van der Waals surface area (Å²) in [6, 6.07) is 6.37. The monoisotopic (exact) mass is 675 g/mol. The lowest BCUT2D eigenvalue weighted by Gasteiger charge is -2.39. The van der Waals surface area contributed by atoms with Gasteiger partial charge in [0.2, 0.25) is 0 Å². The van der Waals surface area contributed by atoms with Crippen LogP contribution in [-0.4, -0.2) is 100 Å². The average molecular weight is 676 g/mol. The smallest absolute Gasteiger partial charge is 0.414 e. The molecular formula is C34H44F3N5O4S. The van der Waals surface area contributed by atoms with E-state index in [-0.39, 0.29) is 23.7 Å². The third-order valence-electron chi connectivity index (χ3n) is 8.67. The summed E-state index contributed by atoms with van der Waals surface area (Å²) in [5, 5.41) is 9.32. The van der Waals surface area contributed by atoms with Gasteiger partial charge < -0.3 is 14.4 Å². The highest BCUT2D eigenvalue weighted by Crippen LogP contribution is 2.41. The fourth-order valence-electron chi connectivity index (χ4n) is 6.25. The molecular weight excluding hydrogens is 631 g/mol. The van der Waals surface area contributed by atoms with E-state index in [0.29, 0.717) is 31.0 Å². The Morgan fingerprint density at radius 1 is 1.19 bits per heavy atom. The van der Waals surface area contributed by atoms with E-state index in [0.717, 1.165) is 31.3 Å². The topological polar surface area (TPSA) is 89.4 Å². The Hall–Kier alpha value is -3.47. The van der Waals surface area contributed by atoms with Gasteiger partial charge in [0.15, 0.2) is 5.11 Å². The molecule has 3 aliphatic rings. The van der Waals surface area contributed by atoms with E-state index in [1.165, 1.54) is 11.0 Å². The van der Waals surface area contributed by atoms with E-state index in [2.05, 4.69) is 16.7 Å². The SMILES string of the molecule is CCc1cc(N2C(=S)N(C3C=CC(C#N)=C(C(F)(F)F)C3)C(=O)C2(C)C)ccc1OCCN1CCN(CC(=O)OC(C)(C)C)[C@H](C)C1. The Labute approximate surface area is 280 Å². The van der Waals surface area contributed by atoms with Crippen LogP contribution in [0, 0.1) is 11.3 Å². The quantitative estimate of drug-likeness (QED) is 0.252. The number of benzene rings is 1. The molecule has 1 aromatic rings. The lowest BCUT2D eigenvalue weighted by molar-refractivity contribution is -0.157. The molecule has 2 aliphatic heterocycles. The van der Waals surface area contributed by atoms with Crippen LogP contribution in [0.1, 0.15) is 60.5 Å². The first-order valence-corrected chi connectivity index (χ1v) is 16.3. The summed E-state index contributed by atoms with van der Waals surface area (Å²) in [5.41, 5.74) is -1.55. The number of esters is 1. The molecule has 2 saturated heterocycles. The summed E-state index contributed by atoms with van der Waals surface area (Å²) in [6.07, 6.45) is -2.05. The molecule has 47 heavy (non-hydrogen) atoms. The molecule has 0 saturated carbocycles. The number of aryl methyl sites for hydroxylation is 1. The summed E-state index contributed by atoms with van der Waals surface area (Å²) in [5.74, 6) is 0.0654. The third-order valence-corrected chi connectivity index (χ3v) is 9.05. The van der Waals surface area contributed by atoms with Crippen LogP contribution in [-0.2, 0) is 20.7 Å². The van der Waals surface area contributed by atoms with Gasteiger partial charge in [-0.15, -0.1) is 0 Å². The molecule has 0 radical (unpaired) electrons. The number of amides is 1. The van der Waals surface area contributed by atoms with Gasteiger partial charge in [-0.3, -0.25) is 24.3 Å². The van der Waals surface area contributed by atoms with Gasteiger partial charge in [-0.2, -0.15) is 18.4 Å². The van der Waals surface area contributed by atoms with Crippen LogP contribution in [0.2, 0.25) is 0 Å². The largest absolute Gasteiger partial charge is 0.492 e. The fourth-order valence-corrected chi connectivity index (χ4v) is 6.80. The average Bonchev–Trinajstić information content (AvgIpc) is 3.15. The zero-order valence-electron chi connectivity index (χ0n) is 28.1. The van der Waals surface area contributed by atoms with Gasteiger partial charge >= 0.3 is 12.1 Å². The molecule has 9 nitrogen and oxygen atoms in total. The Balaban J connectivity index is 1.40. The highest BCUT2D eigenvalue weighted by atomic mass is 32.1. The van der Waals surface area contributed by atoms with E-state index < -0.39 is 46.8 Å². The number of hydrogen-bond acceptors (Lipinski definition) is 8. The maximum atomic E-state index is 13.7.